The van der Waals surface area contributed by atoms with E-state index in [1.54, 1.807) is 13.8 Å². The number of hydrogen-bond donors (Lipinski definition) is 2. The van der Waals surface area contributed by atoms with Crippen LogP contribution in [0.5, 0.6) is 0 Å². The summed E-state index contributed by atoms with van der Waals surface area (Å²) >= 11 is 5.98. The Hall–Kier alpha value is -3.46. The van der Waals surface area contributed by atoms with Crippen LogP contribution >= 0.6 is 11.6 Å². The number of nitrogens with zero attached hydrogens (tertiary/aromatic N) is 1. The van der Waals surface area contributed by atoms with Crippen LogP contribution in [-0.2, 0) is 20.7 Å². The third-order valence-corrected chi connectivity index (χ3v) is 5.08. The number of halogens is 1. The molecule has 10 heteroatoms. The molecule has 2 N–H and O–H groups in total. The zero-order chi connectivity index (χ0) is 24.4. The van der Waals surface area contributed by atoms with Crippen molar-refractivity contribution in [3.05, 3.63) is 74.8 Å². The van der Waals surface area contributed by atoms with E-state index in [-0.39, 0.29) is 22.2 Å². The zero-order valence-corrected chi connectivity index (χ0v) is 19.1. The first kappa shape index (κ1) is 25.8. The average molecular weight is 476 g/mol. The van der Waals surface area contributed by atoms with Crippen LogP contribution in [0.4, 0.5) is 5.69 Å². The van der Waals surface area contributed by atoms with Gasteiger partial charge in [-0.25, -0.2) is 4.79 Å². The smallest absolute Gasteiger partial charge is 0.329 e. The van der Waals surface area contributed by atoms with Crippen molar-refractivity contribution in [3.63, 3.8) is 0 Å². The third kappa shape index (κ3) is 8.19. The van der Waals surface area contributed by atoms with Crippen molar-refractivity contribution in [2.45, 2.75) is 32.7 Å². The van der Waals surface area contributed by atoms with Gasteiger partial charge in [0.15, 0.2) is 6.61 Å². The normalized spacial score (nSPS) is 11.5. The van der Waals surface area contributed by atoms with Gasteiger partial charge in [0.2, 0.25) is 0 Å². The first-order valence-electron chi connectivity index (χ1n) is 10.4. The number of esters is 1. The molecule has 1 unspecified atom stereocenters. The second kappa shape index (κ2) is 12.5. The lowest BCUT2D eigenvalue weighted by atomic mass is 10.0. The van der Waals surface area contributed by atoms with E-state index in [2.05, 4.69) is 10.6 Å². The predicted molar refractivity (Wildman–Crippen MR) is 123 cm³/mol. The van der Waals surface area contributed by atoms with Gasteiger partial charge in [-0.15, -0.1) is 0 Å². The summed E-state index contributed by atoms with van der Waals surface area (Å²) in [4.78, 5) is 47.2. The number of benzene rings is 2. The molecule has 0 aliphatic heterocycles. The van der Waals surface area contributed by atoms with Gasteiger partial charge in [0.1, 0.15) is 6.04 Å². The van der Waals surface area contributed by atoms with Gasteiger partial charge in [-0.05, 0) is 30.4 Å². The van der Waals surface area contributed by atoms with Gasteiger partial charge in [-0.3, -0.25) is 19.7 Å². The Morgan fingerprint density at radius 3 is 2.42 bits per heavy atom. The van der Waals surface area contributed by atoms with E-state index < -0.39 is 35.4 Å². The van der Waals surface area contributed by atoms with Crippen molar-refractivity contribution in [3.8, 4) is 0 Å². The Labute approximate surface area is 196 Å². The summed E-state index contributed by atoms with van der Waals surface area (Å²) in [6.45, 7) is 3.37. The summed E-state index contributed by atoms with van der Waals surface area (Å²) < 4.78 is 5.07. The Balaban J connectivity index is 1.83. The maximum absolute atomic E-state index is 12.5. The number of carbonyl (C=O) groups is 3. The van der Waals surface area contributed by atoms with Crippen molar-refractivity contribution in [2.24, 2.45) is 5.92 Å². The van der Waals surface area contributed by atoms with Gasteiger partial charge < -0.3 is 15.4 Å². The first-order chi connectivity index (χ1) is 15.7. The van der Waals surface area contributed by atoms with E-state index in [4.69, 9.17) is 16.3 Å². The number of amides is 2. The second-order valence-electron chi connectivity index (χ2n) is 7.66. The molecule has 176 valence electrons. The molecule has 0 aliphatic carbocycles. The van der Waals surface area contributed by atoms with Gasteiger partial charge in [-0.2, -0.15) is 0 Å². The highest BCUT2D eigenvalue weighted by molar-refractivity contribution is 6.34. The van der Waals surface area contributed by atoms with Crippen LogP contribution in [0.3, 0.4) is 0 Å². The Bertz CT molecular complexity index is 997. The Morgan fingerprint density at radius 1 is 1.12 bits per heavy atom. The predicted octanol–water partition coefficient (Wildman–Crippen LogP) is 3.29. The molecule has 2 aromatic rings. The van der Waals surface area contributed by atoms with Gasteiger partial charge in [0, 0.05) is 18.7 Å². The first-order valence-corrected chi connectivity index (χ1v) is 10.8. The molecule has 0 saturated heterocycles. The molecule has 0 saturated carbocycles. The minimum Gasteiger partial charge on any atom is -0.454 e. The van der Waals surface area contributed by atoms with Crippen molar-refractivity contribution in [1.82, 2.24) is 10.6 Å². The summed E-state index contributed by atoms with van der Waals surface area (Å²) in [7, 11) is 0. The minimum atomic E-state index is -1.03. The Kier molecular flexibility index (Phi) is 9.81. The molecule has 0 spiro atoms. The lowest BCUT2D eigenvalue weighted by Gasteiger charge is -2.21. The number of aryl methyl sites for hydroxylation is 1. The minimum absolute atomic E-state index is 0.0168. The maximum atomic E-state index is 12.5. The molecule has 2 aromatic carbocycles. The number of hydrogen-bond acceptors (Lipinski definition) is 6. The standard InChI is InChI=1S/C23H26ClN3O6/c1-15(2)21(26-22(29)18-11-10-17(27(31)32)13-19(18)24)23(30)33-14-20(28)25-12-6-9-16-7-4-3-5-8-16/h3-5,7-8,10-11,13,15,21H,6,9,12,14H2,1-2H3,(H,25,28)(H,26,29). The third-order valence-electron chi connectivity index (χ3n) is 4.77. The number of non-ortho nitro benzene ring substituents is 1. The summed E-state index contributed by atoms with van der Waals surface area (Å²) in [5.41, 5.74) is 0.893. The van der Waals surface area contributed by atoms with E-state index >= 15 is 0 Å². The van der Waals surface area contributed by atoms with Crippen molar-refractivity contribution in [1.29, 1.82) is 0 Å². The lowest BCUT2D eigenvalue weighted by Crippen LogP contribution is -2.46. The largest absolute Gasteiger partial charge is 0.454 e. The van der Waals surface area contributed by atoms with Crippen LogP contribution < -0.4 is 10.6 Å². The van der Waals surface area contributed by atoms with E-state index in [0.29, 0.717) is 6.54 Å². The molecule has 1 atom stereocenters. The van der Waals surface area contributed by atoms with Crippen LogP contribution in [-0.4, -0.2) is 41.9 Å². The molecule has 2 amide bonds. The van der Waals surface area contributed by atoms with Crippen molar-refractivity contribution in [2.75, 3.05) is 13.2 Å². The SMILES string of the molecule is CC(C)C(NC(=O)c1ccc([N+](=O)[O-])cc1Cl)C(=O)OCC(=O)NCCCc1ccccc1. The summed E-state index contributed by atoms with van der Waals surface area (Å²) in [5.74, 6) is -2.23. The molecule has 0 heterocycles. The highest BCUT2D eigenvalue weighted by atomic mass is 35.5. The number of nitro groups is 1. The zero-order valence-electron chi connectivity index (χ0n) is 18.4. The molecule has 0 aromatic heterocycles. The summed E-state index contributed by atoms with van der Waals surface area (Å²) in [5, 5.41) is 15.9. The van der Waals surface area contributed by atoms with Crippen LogP contribution in [0.1, 0.15) is 36.2 Å². The van der Waals surface area contributed by atoms with Gasteiger partial charge in [0.05, 0.1) is 15.5 Å². The summed E-state index contributed by atoms with van der Waals surface area (Å²) in [6, 6.07) is 12.2. The molecule has 0 aliphatic rings. The molecular weight excluding hydrogens is 450 g/mol. The second-order valence-corrected chi connectivity index (χ2v) is 8.07. The highest BCUT2D eigenvalue weighted by Crippen LogP contribution is 2.22. The number of nitrogens with one attached hydrogen (secondary N) is 2. The molecule has 0 radical (unpaired) electrons. The molecular formula is C23H26ClN3O6. The van der Waals surface area contributed by atoms with Crippen LogP contribution in [0.2, 0.25) is 5.02 Å². The Morgan fingerprint density at radius 2 is 1.82 bits per heavy atom. The monoisotopic (exact) mass is 475 g/mol. The van der Waals surface area contributed by atoms with Crippen LogP contribution in [0, 0.1) is 16.0 Å². The topological polar surface area (TPSA) is 128 Å². The molecule has 0 fully saturated rings. The molecule has 33 heavy (non-hydrogen) atoms. The quantitative estimate of drug-likeness (QED) is 0.222. The number of ether oxygens (including phenoxy) is 1. The molecule has 9 nitrogen and oxygen atoms in total. The summed E-state index contributed by atoms with van der Waals surface area (Å²) in [6.07, 6.45) is 1.55. The number of carbonyl (C=O) groups excluding carboxylic acids is 3. The van der Waals surface area contributed by atoms with Gasteiger partial charge in [-0.1, -0.05) is 55.8 Å². The van der Waals surface area contributed by atoms with E-state index in [0.717, 1.165) is 25.0 Å². The molecule has 0 bridgehead atoms. The number of nitro benzene ring substituents is 1. The van der Waals surface area contributed by atoms with Crippen LogP contribution in [0.25, 0.3) is 0 Å². The van der Waals surface area contributed by atoms with E-state index in [1.165, 1.54) is 11.6 Å². The average Bonchev–Trinajstić information content (AvgIpc) is 2.78. The highest BCUT2D eigenvalue weighted by Gasteiger charge is 2.27. The van der Waals surface area contributed by atoms with Crippen molar-refractivity contribution >= 4 is 35.1 Å². The van der Waals surface area contributed by atoms with Crippen molar-refractivity contribution < 1.29 is 24.0 Å². The fourth-order valence-corrected chi connectivity index (χ4v) is 3.22. The maximum Gasteiger partial charge on any atom is 0.329 e. The lowest BCUT2D eigenvalue weighted by molar-refractivity contribution is -0.384. The van der Waals surface area contributed by atoms with E-state index in [1.807, 2.05) is 30.3 Å². The fourth-order valence-electron chi connectivity index (χ4n) is 2.96. The number of rotatable bonds is 11. The molecule has 2 rings (SSSR count). The fraction of sp³-hybridized carbons (Fsp3) is 0.348. The van der Waals surface area contributed by atoms with Gasteiger partial charge in [0.25, 0.3) is 17.5 Å². The van der Waals surface area contributed by atoms with Crippen LogP contribution in [0.15, 0.2) is 48.5 Å². The van der Waals surface area contributed by atoms with Gasteiger partial charge >= 0.3 is 5.97 Å². The van der Waals surface area contributed by atoms with E-state index in [9.17, 15) is 24.5 Å².